The first-order chi connectivity index (χ1) is 9.16. The smallest absolute Gasteiger partial charge is 0.218 e. The number of rotatable bonds is 2. The Balaban J connectivity index is 2.08. The number of ether oxygens (including phenoxy) is 1. The lowest BCUT2D eigenvalue weighted by Crippen LogP contribution is -2.39. The Morgan fingerprint density at radius 3 is 2.79 bits per heavy atom. The molecule has 19 heavy (non-hydrogen) atoms. The van der Waals surface area contributed by atoms with Gasteiger partial charge in [-0.15, -0.1) is 0 Å². The molecule has 1 atom stereocenters. The van der Waals surface area contributed by atoms with Crippen LogP contribution in [0.3, 0.4) is 0 Å². The quantitative estimate of drug-likeness (QED) is 0.913. The number of nitrogens with zero attached hydrogens (tertiary/aromatic N) is 1. The van der Waals surface area contributed by atoms with Crippen LogP contribution >= 0.6 is 27.5 Å². The molecule has 1 unspecified atom stereocenters. The van der Waals surface area contributed by atoms with Crippen molar-refractivity contribution in [1.29, 1.82) is 0 Å². The summed E-state index contributed by atoms with van der Waals surface area (Å²) in [6.07, 6.45) is 2.25. The van der Waals surface area contributed by atoms with Crippen LogP contribution in [0.1, 0.15) is 11.1 Å². The summed E-state index contributed by atoms with van der Waals surface area (Å²) in [5.74, 6) is 0.602. The average Bonchev–Trinajstić information content (AvgIpc) is 2.85. The summed E-state index contributed by atoms with van der Waals surface area (Å²) < 4.78 is 6.88. The molecule has 1 aliphatic rings. The number of aromatic nitrogens is 1. The highest BCUT2D eigenvalue weighted by molar-refractivity contribution is 9.10. The average molecular weight is 340 g/mol. The summed E-state index contributed by atoms with van der Waals surface area (Å²) in [6.45, 7) is 0.386. The number of halogens is 2. The van der Waals surface area contributed by atoms with E-state index in [9.17, 15) is 0 Å². The third kappa shape index (κ3) is 2.04. The van der Waals surface area contributed by atoms with E-state index in [0.29, 0.717) is 23.9 Å². The Labute approximate surface area is 124 Å². The van der Waals surface area contributed by atoms with E-state index in [-0.39, 0.29) is 0 Å². The van der Waals surface area contributed by atoms with E-state index >= 15 is 0 Å². The van der Waals surface area contributed by atoms with Gasteiger partial charge in [-0.25, -0.2) is 4.98 Å². The van der Waals surface area contributed by atoms with Crippen LogP contribution in [0.15, 0.2) is 41.0 Å². The van der Waals surface area contributed by atoms with Crippen molar-refractivity contribution in [2.24, 2.45) is 5.73 Å². The molecule has 0 saturated heterocycles. The van der Waals surface area contributed by atoms with Gasteiger partial charge in [0.2, 0.25) is 5.88 Å². The largest absolute Gasteiger partial charge is 0.464 e. The number of nitrogens with two attached hydrogens (primary N) is 1. The van der Waals surface area contributed by atoms with E-state index in [1.807, 2.05) is 30.3 Å². The predicted octanol–water partition coefficient (Wildman–Crippen LogP) is 3.29. The molecule has 1 aromatic carbocycles. The van der Waals surface area contributed by atoms with Gasteiger partial charge >= 0.3 is 0 Å². The third-order valence-corrected chi connectivity index (χ3v) is 4.83. The molecule has 0 spiro atoms. The van der Waals surface area contributed by atoms with Crippen molar-refractivity contribution in [1.82, 2.24) is 4.98 Å². The molecule has 0 aliphatic carbocycles. The molecule has 0 radical (unpaired) electrons. The third-order valence-electron chi connectivity index (χ3n) is 3.41. The summed E-state index contributed by atoms with van der Waals surface area (Å²) in [4.78, 5) is 4.25. The van der Waals surface area contributed by atoms with Gasteiger partial charge in [0.05, 0.1) is 11.2 Å². The zero-order valence-electron chi connectivity index (χ0n) is 10.1. The first kappa shape index (κ1) is 12.9. The fraction of sp³-hybridized carbons (Fsp3) is 0.214. The monoisotopic (exact) mass is 338 g/mol. The van der Waals surface area contributed by atoms with Crippen molar-refractivity contribution >= 4 is 27.5 Å². The van der Waals surface area contributed by atoms with Crippen molar-refractivity contribution in [3.8, 4) is 5.88 Å². The lowest BCUT2D eigenvalue weighted by molar-refractivity contribution is 0.0979. The van der Waals surface area contributed by atoms with Gasteiger partial charge in [0, 0.05) is 23.0 Å². The van der Waals surface area contributed by atoms with E-state index in [2.05, 4.69) is 20.9 Å². The molecule has 0 bridgehead atoms. The molecule has 2 heterocycles. The normalized spacial score (nSPS) is 21.0. The van der Waals surface area contributed by atoms with Crippen LogP contribution < -0.4 is 10.5 Å². The Kier molecular flexibility index (Phi) is 3.25. The van der Waals surface area contributed by atoms with Gasteiger partial charge in [0.15, 0.2) is 5.60 Å². The fourth-order valence-electron chi connectivity index (χ4n) is 2.37. The minimum atomic E-state index is -0.552. The maximum absolute atomic E-state index is 6.08. The van der Waals surface area contributed by atoms with E-state index in [1.165, 1.54) is 0 Å². The SMILES string of the molecule is NCC1(c2ccccc2)Cc2c(ncc(Cl)c2Br)O1. The summed E-state index contributed by atoms with van der Waals surface area (Å²) in [6, 6.07) is 9.98. The maximum atomic E-state index is 6.08. The van der Waals surface area contributed by atoms with Gasteiger partial charge in [0.1, 0.15) is 0 Å². The number of pyridine rings is 1. The zero-order valence-corrected chi connectivity index (χ0v) is 12.4. The lowest BCUT2D eigenvalue weighted by Gasteiger charge is -2.27. The Morgan fingerprint density at radius 2 is 2.11 bits per heavy atom. The van der Waals surface area contributed by atoms with Crippen molar-refractivity contribution in [2.75, 3.05) is 6.54 Å². The summed E-state index contributed by atoms with van der Waals surface area (Å²) >= 11 is 9.57. The standard InChI is InChI=1S/C14H12BrClN2O/c15-12-10-6-14(8-17,9-4-2-1-3-5-9)19-13(10)18-7-11(12)16/h1-5,7H,6,8,17H2. The fourth-order valence-corrected chi connectivity index (χ4v) is 2.95. The molecular formula is C14H12BrClN2O. The van der Waals surface area contributed by atoms with Crippen LogP contribution in [-0.4, -0.2) is 11.5 Å². The highest BCUT2D eigenvalue weighted by Crippen LogP contribution is 2.44. The highest BCUT2D eigenvalue weighted by Gasteiger charge is 2.42. The van der Waals surface area contributed by atoms with Gasteiger partial charge in [-0.05, 0) is 21.5 Å². The Bertz CT molecular complexity index is 620. The molecule has 3 rings (SSSR count). The maximum Gasteiger partial charge on any atom is 0.218 e. The van der Waals surface area contributed by atoms with Crippen molar-refractivity contribution < 1.29 is 4.74 Å². The number of hydrogen-bond donors (Lipinski definition) is 1. The van der Waals surface area contributed by atoms with Crippen molar-refractivity contribution in [3.05, 3.63) is 57.2 Å². The minimum absolute atomic E-state index is 0.386. The topological polar surface area (TPSA) is 48.1 Å². The first-order valence-electron chi connectivity index (χ1n) is 5.94. The van der Waals surface area contributed by atoms with Crippen molar-refractivity contribution in [3.63, 3.8) is 0 Å². The Hall–Kier alpha value is -1.10. The van der Waals surface area contributed by atoms with Gasteiger partial charge in [-0.1, -0.05) is 41.9 Å². The summed E-state index contributed by atoms with van der Waals surface area (Å²) in [5, 5.41) is 0.586. The van der Waals surface area contributed by atoms with Crippen LogP contribution in [0.25, 0.3) is 0 Å². The highest BCUT2D eigenvalue weighted by atomic mass is 79.9. The van der Waals surface area contributed by atoms with E-state index in [0.717, 1.165) is 15.6 Å². The number of fused-ring (bicyclic) bond motifs is 1. The predicted molar refractivity (Wildman–Crippen MR) is 78.5 cm³/mol. The molecular weight excluding hydrogens is 328 g/mol. The van der Waals surface area contributed by atoms with E-state index < -0.39 is 5.60 Å². The van der Waals surface area contributed by atoms with Gasteiger partial charge in [0.25, 0.3) is 0 Å². The van der Waals surface area contributed by atoms with E-state index in [4.69, 9.17) is 22.1 Å². The molecule has 5 heteroatoms. The summed E-state index contributed by atoms with van der Waals surface area (Å²) in [5.41, 5.74) is 7.44. The second kappa shape index (κ2) is 4.78. The van der Waals surface area contributed by atoms with E-state index in [1.54, 1.807) is 6.20 Å². The molecule has 98 valence electrons. The molecule has 2 aromatic rings. The number of benzene rings is 1. The van der Waals surface area contributed by atoms with Crippen LogP contribution in [0.5, 0.6) is 5.88 Å². The van der Waals surface area contributed by atoms with Crippen LogP contribution in [0.4, 0.5) is 0 Å². The number of hydrogen-bond acceptors (Lipinski definition) is 3. The van der Waals surface area contributed by atoms with Crippen molar-refractivity contribution in [2.45, 2.75) is 12.0 Å². The second-order valence-electron chi connectivity index (χ2n) is 4.55. The van der Waals surface area contributed by atoms with Gasteiger partial charge < -0.3 is 10.5 Å². The van der Waals surface area contributed by atoms with Gasteiger partial charge in [-0.2, -0.15) is 0 Å². The Morgan fingerprint density at radius 1 is 1.37 bits per heavy atom. The van der Waals surface area contributed by atoms with Crippen LogP contribution in [0.2, 0.25) is 5.02 Å². The molecule has 0 fully saturated rings. The van der Waals surface area contributed by atoms with Crippen LogP contribution in [0, 0.1) is 0 Å². The first-order valence-corrected chi connectivity index (χ1v) is 7.11. The molecule has 0 amide bonds. The van der Waals surface area contributed by atoms with Gasteiger partial charge in [-0.3, -0.25) is 0 Å². The molecule has 3 nitrogen and oxygen atoms in total. The lowest BCUT2D eigenvalue weighted by atomic mass is 9.89. The minimum Gasteiger partial charge on any atom is -0.464 e. The summed E-state index contributed by atoms with van der Waals surface area (Å²) in [7, 11) is 0. The molecule has 1 aliphatic heterocycles. The molecule has 1 aromatic heterocycles. The zero-order chi connectivity index (χ0) is 13.5. The second-order valence-corrected chi connectivity index (χ2v) is 5.75. The molecule has 2 N–H and O–H groups in total. The van der Waals surface area contributed by atoms with Crippen LogP contribution in [-0.2, 0) is 12.0 Å². The molecule has 0 saturated carbocycles.